The van der Waals surface area contributed by atoms with Crippen molar-refractivity contribution in [1.29, 1.82) is 0 Å². The SMILES string of the molecule is CCS(=O)(=O)N1CCC(Nc2c(Br)cnc3c2N=C(c2cc(C)n(-c4cccc(N5CCOCC5)c4)c2C)C3)C1. The molecule has 0 radical (unpaired) electrons. The fourth-order valence-corrected chi connectivity index (χ4v) is 7.54. The molecule has 6 rings (SSSR count). The summed E-state index contributed by atoms with van der Waals surface area (Å²) in [4.78, 5) is 12.2. The summed E-state index contributed by atoms with van der Waals surface area (Å²) in [5.74, 6) is 0.123. The Kier molecular flexibility index (Phi) is 7.49. The zero-order valence-corrected chi connectivity index (χ0v) is 25.6. The minimum Gasteiger partial charge on any atom is -0.378 e. The van der Waals surface area contributed by atoms with Gasteiger partial charge in [-0.05, 0) is 67.4 Å². The maximum atomic E-state index is 12.4. The number of fused-ring (bicyclic) bond motifs is 1. The van der Waals surface area contributed by atoms with Crippen LogP contribution in [-0.2, 0) is 21.2 Å². The van der Waals surface area contributed by atoms with Crippen molar-refractivity contribution in [2.75, 3.05) is 55.4 Å². The quantitative estimate of drug-likeness (QED) is 0.412. The zero-order chi connectivity index (χ0) is 28.0. The summed E-state index contributed by atoms with van der Waals surface area (Å²) >= 11 is 3.66. The number of aromatic nitrogens is 2. The Labute approximate surface area is 244 Å². The molecule has 0 bridgehead atoms. The van der Waals surface area contributed by atoms with E-state index in [9.17, 15) is 8.42 Å². The molecule has 3 aliphatic rings. The maximum absolute atomic E-state index is 12.4. The summed E-state index contributed by atoms with van der Waals surface area (Å²) in [6.07, 6.45) is 3.22. The molecular formula is C29H35BrN6O3S. The van der Waals surface area contributed by atoms with Crippen LogP contribution in [0.1, 0.15) is 36.0 Å². The molecule has 0 saturated carbocycles. The highest BCUT2D eigenvalue weighted by Gasteiger charge is 2.32. The van der Waals surface area contributed by atoms with Crippen LogP contribution in [0, 0.1) is 13.8 Å². The number of hydrogen-bond acceptors (Lipinski definition) is 7. The van der Waals surface area contributed by atoms with Crippen molar-refractivity contribution in [2.24, 2.45) is 4.99 Å². The first kappa shape index (κ1) is 27.4. The van der Waals surface area contributed by atoms with Crippen molar-refractivity contribution in [1.82, 2.24) is 13.9 Å². The van der Waals surface area contributed by atoms with Gasteiger partial charge in [0.15, 0.2) is 0 Å². The number of morpholine rings is 1. The average Bonchev–Trinajstić information content (AvgIpc) is 3.68. The van der Waals surface area contributed by atoms with Crippen LogP contribution >= 0.6 is 15.9 Å². The van der Waals surface area contributed by atoms with Crippen LogP contribution in [0.4, 0.5) is 17.1 Å². The Morgan fingerprint density at radius 2 is 1.90 bits per heavy atom. The van der Waals surface area contributed by atoms with E-state index in [0.717, 1.165) is 82.6 Å². The molecule has 3 aromatic rings. The number of rotatable bonds is 7. The van der Waals surface area contributed by atoms with Crippen molar-refractivity contribution in [2.45, 2.75) is 39.7 Å². The van der Waals surface area contributed by atoms with E-state index in [4.69, 9.17) is 9.73 Å². The van der Waals surface area contributed by atoms with E-state index < -0.39 is 10.0 Å². The molecular weight excluding hydrogens is 592 g/mol. The molecule has 2 fully saturated rings. The van der Waals surface area contributed by atoms with Crippen LogP contribution in [0.15, 0.2) is 46.0 Å². The highest BCUT2D eigenvalue weighted by Crippen LogP contribution is 2.41. The molecule has 1 unspecified atom stereocenters. The van der Waals surface area contributed by atoms with Crippen LogP contribution in [0.5, 0.6) is 0 Å². The van der Waals surface area contributed by atoms with Gasteiger partial charge >= 0.3 is 0 Å². The van der Waals surface area contributed by atoms with E-state index >= 15 is 0 Å². The van der Waals surface area contributed by atoms with E-state index in [0.29, 0.717) is 19.5 Å². The first-order chi connectivity index (χ1) is 19.2. The lowest BCUT2D eigenvalue weighted by atomic mass is 10.1. The van der Waals surface area contributed by atoms with E-state index in [1.807, 2.05) is 6.20 Å². The number of hydrogen-bond donors (Lipinski definition) is 1. The van der Waals surface area contributed by atoms with E-state index in [-0.39, 0.29) is 11.8 Å². The van der Waals surface area contributed by atoms with Gasteiger partial charge in [-0.3, -0.25) is 4.98 Å². The summed E-state index contributed by atoms with van der Waals surface area (Å²) in [6, 6.07) is 10.9. The van der Waals surface area contributed by atoms with Crippen LogP contribution in [0.3, 0.4) is 0 Å². The summed E-state index contributed by atoms with van der Waals surface area (Å²) in [5, 5.41) is 3.58. The van der Waals surface area contributed by atoms with Crippen molar-refractivity contribution < 1.29 is 13.2 Å². The summed E-state index contributed by atoms with van der Waals surface area (Å²) in [7, 11) is -3.20. The number of nitrogens with zero attached hydrogens (tertiary/aromatic N) is 5. The molecule has 0 aliphatic carbocycles. The smallest absolute Gasteiger partial charge is 0.213 e. The summed E-state index contributed by atoms with van der Waals surface area (Å²) < 4.78 is 35.0. The lowest BCUT2D eigenvalue weighted by molar-refractivity contribution is 0.122. The lowest BCUT2D eigenvalue weighted by Crippen LogP contribution is -2.36. The zero-order valence-electron chi connectivity index (χ0n) is 23.2. The lowest BCUT2D eigenvalue weighted by Gasteiger charge is -2.29. The molecule has 0 amide bonds. The molecule has 11 heteroatoms. The number of sulfonamides is 1. The van der Waals surface area contributed by atoms with E-state index in [2.05, 4.69) is 79.9 Å². The third-order valence-corrected chi connectivity index (χ3v) is 10.6. The molecule has 0 spiro atoms. The number of halogens is 1. The minimum atomic E-state index is -3.20. The Hall–Kier alpha value is -2.73. The molecule has 2 aromatic heterocycles. The number of aliphatic imine (C=N–C) groups is 1. The van der Waals surface area contributed by atoms with Gasteiger partial charge in [0, 0.05) is 73.2 Å². The summed E-state index contributed by atoms with van der Waals surface area (Å²) in [5.41, 5.74) is 9.40. The normalized spacial score (nSPS) is 19.6. The monoisotopic (exact) mass is 626 g/mol. The number of nitrogens with one attached hydrogen (secondary N) is 1. The second kappa shape index (κ2) is 10.9. The standard InChI is InChI=1S/C29H35BrN6O3S/c1-4-40(37,38)35-9-8-21(18-35)32-28-25(30)17-31-27-16-26(33-29(27)28)24-14-19(2)36(20(24)3)23-7-5-6-22(15-23)34-10-12-39-13-11-34/h5-7,14-15,17,21H,4,8-13,16,18H2,1-3H3,(H,31,32). The Morgan fingerprint density at radius 1 is 1.12 bits per heavy atom. The van der Waals surface area contributed by atoms with Gasteiger partial charge in [0.25, 0.3) is 0 Å². The van der Waals surface area contributed by atoms with Gasteiger partial charge in [0.1, 0.15) is 5.69 Å². The van der Waals surface area contributed by atoms with Gasteiger partial charge in [-0.2, -0.15) is 4.31 Å². The topological polar surface area (TPSA) is 92.1 Å². The van der Waals surface area contributed by atoms with Gasteiger partial charge in [0.05, 0.1) is 40.5 Å². The molecule has 1 atom stereocenters. The highest BCUT2D eigenvalue weighted by molar-refractivity contribution is 9.10. The molecule has 9 nitrogen and oxygen atoms in total. The number of pyridine rings is 1. The molecule has 212 valence electrons. The van der Waals surface area contributed by atoms with Gasteiger partial charge < -0.3 is 19.5 Å². The third kappa shape index (κ3) is 5.08. The van der Waals surface area contributed by atoms with Crippen LogP contribution in [0.2, 0.25) is 0 Å². The van der Waals surface area contributed by atoms with E-state index in [1.54, 1.807) is 11.2 Å². The number of ether oxygens (including phenoxy) is 1. The second-order valence-corrected chi connectivity index (χ2v) is 13.8. The van der Waals surface area contributed by atoms with Crippen LogP contribution in [-0.4, -0.2) is 79.2 Å². The van der Waals surface area contributed by atoms with Gasteiger partial charge in [-0.25, -0.2) is 13.4 Å². The molecule has 1 aromatic carbocycles. The largest absolute Gasteiger partial charge is 0.378 e. The first-order valence-electron chi connectivity index (χ1n) is 13.9. The Morgan fingerprint density at radius 3 is 2.67 bits per heavy atom. The molecule has 40 heavy (non-hydrogen) atoms. The van der Waals surface area contributed by atoms with E-state index in [1.165, 1.54) is 5.69 Å². The molecule has 3 aliphatic heterocycles. The number of aryl methyl sites for hydroxylation is 1. The maximum Gasteiger partial charge on any atom is 0.213 e. The average molecular weight is 628 g/mol. The van der Waals surface area contributed by atoms with Crippen molar-refractivity contribution in [3.8, 4) is 5.69 Å². The Balaban J connectivity index is 1.28. The molecule has 1 N–H and O–H groups in total. The Bertz CT molecular complexity index is 1580. The van der Waals surface area contributed by atoms with Crippen molar-refractivity contribution in [3.05, 3.63) is 63.6 Å². The fraction of sp³-hybridized carbons (Fsp3) is 0.448. The van der Waals surface area contributed by atoms with Gasteiger partial charge in [-0.1, -0.05) is 6.07 Å². The predicted octanol–water partition coefficient (Wildman–Crippen LogP) is 4.60. The van der Waals surface area contributed by atoms with Crippen LogP contribution < -0.4 is 10.2 Å². The summed E-state index contributed by atoms with van der Waals surface area (Å²) in [6.45, 7) is 10.3. The minimum absolute atomic E-state index is 0.0205. The second-order valence-electron chi connectivity index (χ2n) is 10.6. The third-order valence-electron chi connectivity index (χ3n) is 8.13. The van der Waals surface area contributed by atoms with Gasteiger partial charge in [-0.15, -0.1) is 0 Å². The van der Waals surface area contributed by atoms with Gasteiger partial charge in [0.2, 0.25) is 10.0 Å². The van der Waals surface area contributed by atoms with Crippen molar-refractivity contribution in [3.63, 3.8) is 0 Å². The predicted molar refractivity (Wildman–Crippen MR) is 163 cm³/mol. The molecule has 2 saturated heterocycles. The first-order valence-corrected chi connectivity index (χ1v) is 16.3. The fourth-order valence-electron chi connectivity index (χ4n) is 5.98. The highest BCUT2D eigenvalue weighted by atomic mass is 79.9. The number of benzene rings is 1. The number of anilines is 2. The van der Waals surface area contributed by atoms with Crippen LogP contribution in [0.25, 0.3) is 5.69 Å². The molecule has 5 heterocycles. The van der Waals surface area contributed by atoms with Crippen molar-refractivity contribution >= 4 is 48.7 Å².